The summed E-state index contributed by atoms with van der Waals surface area (Å²) in [4.78, 5) is 27.2. The summed E-state index contributed by atoms with van der Waals surface area (Å²) in [6.07, 6.45) is 4.28. The SMILES string of the molecule is CCC1CCCCN1C(=O)C(C)NC(=O)c1ccc(C(C)(C)C)cc1. The van der Waals surface area contributed by atoms with Crippen molar-refractivity contribution in [2.75, 3.05) is 6.54 Å². The van der Waals surface area contributed by atoms with Crippen LogP contribution in [0.3, 0.4) is 0 Å². The number of piperidine rings is 1. The molecule has 25 heavy (non-hydrogen) atoms. The van der Waals surface area contributed by atoms with Gasteiger partial charge in [-0.15, -0.1) is 0 Å². The Morgan fingerprint density at radius 2 is 1.84 bits per heavy atom. The summed E-state index contributed by atoms with van der Waals surface area (Å²) in [7, 11) is 0. The van der Waals surface area contributed by atoms with Crippen LogP contribution in [0.25, 0.3) is 0 Å². The molecule has 0 radical (unpaired) electrons. The van der Waals surface area contributed by atoms with Crippen molar-refractivity contribution in [1.29, 1.82) is 0 Å². The van der Waals surface area contributed by atoms with Crippen molar-refractivity contribution >= 4 is 11.8 Å². The molecule has 2 amide bonds. The molecule has 4 nitrogen and oxygen atoms in total. The summed E-state index contributed by atoms with van der Waals surface area (Å²) < 4.78 is 0. The number of hydrogen-bond acceptors (Lipinski definition) is 2. The maximum absolute atomic E-state index is 12.7. The average Bonchev–Trinajstić information content (AvgIpc) is 2.60. The Balaban J connectivity index is 2.00. The topological polar surface area (TPSA) is 49.4 Å². The Morgan fingerprint density at radius 3 is 2.40 bits per heavy atom. The first kappa shape index (κ1) is 19.5. The summed E-state index contributed by atoms with van der Waals surface area (Å²) >= 11 is 0. The normalized spacial score (nSPS) is 19.4. The van der Waals surface area contributed by atoms with Crippen molar-refractivity contribution < 1.29 is 9.59 Å². The van der Waals surface area contributed by atoms with Gasteiger partial charge in [0.1, 0.15) is 6.04 Å². The molecule has 1 aromatic carbocycles. The first-order chi connectivity index (χ1) is 11.7. The molecule has 0 spiro atoms. The predicted octanol–water partition coefficient (Wildman–Crippen LogP) is 3.89. The van der Waals surface area contributed by atoms with E-state index >= 15 is 0 Å². The highest BCUT2D eigenvalue weighted by Crippen LogP contribution is 2.22. The van der Waals surface area contributed by atoms with Crippen molar-refractivity contribution in [3.8, 4) is 0 Å². The van der Waals surface area contributed by atoms with E-state index in [0.29, 0.717) is 11.6 Å². The average molecular weight is 344 g/mol. The van der Waals surface area contributed by atoms with Gasteiger partial charge in [-0.1, -0.05) is 39.8 Å². The molecular formula is C21H32N2O2. The third-order valence-electron chi connectivity index (χ3n) is 5.11. The van der Waals surface area contributed by atoms with E-state index in [1.807, 2.05) is 29.2 Å². The van der Waals surface area contributed by atoms with E-state index in [9.17, 15) is 9.59 Å². The second-order valence-electron chi connectivity index (χ2n) is 8.11. The number of likely N-dealkylation sites (tertiary alicyclic amines) is 1. The van der Waals surface area contributed by atoms with Gasteiger partial charge in [0.05, 0.1) is 0 Å². The quantitative estimate of drug-likeness (QED) is 0.901. The van der Waals surface area contributed by atoms with Gasteiger partial charge in [0.25, 0.3) is 5.91 Å². The maximum Gasteiger partial charge on any atom is 0.251 e. The number of benzene rings is 1. The molecule has 2 unspecified atom stereocenters. The van der Waals surface area contributed by atoms with Crippen LogP contribution in [0.2, 0.25) is 0 Å². The molecular weight excluding hydrogens is 312 g/mol. The van der Waals surface area contributed by atoms with Gasteiger partial charge in [0.15, 0.2) is 0 Å². The van der Waals surface area contributed by atoms with Gasteiger partial charge in [-0.2, -0.15) is 0 Å². The van der Waals surface area contributed by atoms with E-state index in [4.69, 9.17) is 0 Å². The minimum Gasteiger partial charge on any atom is -0.341 e. The number of nitrogens with zero attached hydrogens (tertiary/aromatic N) is 1. The Morgan fingerprint density at radius 1 is 1.20 bits per heavy atom. The van der Waals surface area contributed by atoms with Gasteiger partial charge < -0.3 is 10.2 Å². The predicted molar refractivity (Wildman–Crippen MR) is 102 cm³/mol. The number of rotatable bonds is 4. The van der Waals surface area contributed by atoms with Gasteiger partial charge in [-0.25, -0.2) is 0 Å². The number of hydrogen-bond donors (Lipinski definition) is 1. The molecule has 0 aliphatic carbocycles. The Hall–Kier alpha value is -1.84. The van der Waals surface area contributed by atoms with Crippen LogP contribution in [0.15, 0.2) is 24.3 Å². The zero-order valence-electron chi connectivity index (χ0n) is 16.3. The molecule has 0 bridgehead atoms. The lowest BCUT2D eigenvalue weighted by Crippen LogP contribution is -2.52. The third-order valence-corrected chi connectivity index (χ3v) is 5.11. The van der Waals surface area contributed by atoms with Crippen LogP contribution >= 0.6 is 0 Å². The lowest BCUT2D eigenvalue weighted by Gasteiger charge is -2.37. The molecule has 1 aliphatic heterocycles. The lowest BCUT2D eigenvalue weighted by molar-refractivity contribution is -0.136. The molecule has 2 atom stereocenters. The smallest absolute Gasteiger partial charge is 0.251 e. The molecule has 1 N–H and O–H groups in total. The largest absolute Gasteiger partial charge is 0.341 e. The fourth-order valence-corrected chi connectivity index (χ4v) is 3.43. The fourth-order valence-electron chi connectivity index (χ4n) is 3.43. The van der Waals surface area contributed by atoms with E-state index in [1.54, 1.807) is 6.92 Å². The molecule has 0 saturated carbocycles. The molecule has 4 heteroatoms. The maximum atomic E-state index is 12.7. The van der Waals surface area contributed by atoms with Crippen molar-refractivity contribution in [3.63, 3.8) is 0 Å². The fraction of sp³-hybridized carbons (Fsp3) is 0.619. The van der Waals surface area contributed by atoms with Crippen molar-refractivity contribution in [2.45, 2.75) is 77.8 Å². The van der Waals surface area contributed by atoms with Gasteiger partial charge >= 0.3 is 0 Å². The standard InChI is InChI=1S/C21H32N2O2/c1-6-18-9-7-8-14-23(18)20(25)15(2)22-19(24)16-10-12-17(13-11-16)21(3,4)5/h10-13,15,18H,6-9,14H2,1-5H3,(H,22,24). The Kier molecular flexibility index (Phi) is 6.26. The van der Waals surface area contributed by atoms with Crippen molar-refractivity contribution in [1.82, 2.24) is 10.2 Å². The summed E-state index contributed by atoms with van der Waals surface area (Å²) in [5, 5.41) is 2.87. The summed E-state index contributed by atoms with van der Waals surface area (Å²) in [6, 6.07) is 7.46. The molecule has 1 aromatic rings. The summed E-state index contributed by atoms with van der Waals surface area (Å²) in [5.41, 5.74) is 1.84. The van der Waals surface area contributed by atoms with Crippen LogP contribution in [0.1, 0.15) is 76.2 Å². The van der Waals surface area contributed by atoms with E-state index in [2.05, 4.69) is 33.0 Å². The van der Waals surface area contributed by atoms with Crippen LogP contribution in [0.5, 0.6) is 0 Å². The van der Waals surface area contributed by atoms with Gasteiger partial charge in [-0.3, -0.25) is 9.59 Å². The van der Waals surface area contributed by atoms with E-state index in [-0.39, 0.29) is 17.2 Å². The van der Waals surface area contributed by atoms with Crippen LogP contribution in [0, 0.1) is 0 Å². The minimum atomic E-state index is -0.498. The molecule has 1 fully saturated rings. The highest BCUT2D eigenvalue weighted by molar-refractivity contribution is 5.97. The Bertz CT molecular complexity index is 601. The highest BCUT2D eigenvalue weighted by Gasteiger charge is 2.29. The molecule has 138 valence electrons. The van der Waals surface area contributed by atoms with E-state index < -0.39 is 6.04 Å². The molecule has 2 rings (SSSR count). The molecule has 0 aromatic heterocycles. The lowest BCUT2D eigenvalue weighted by atomic mass is 9.86. The monoisotopic (exact) mass is 344 g/mol. The zero-order chi connectivity index (χ0) is 18.6. The molecule has 1 aliphatic rings. The first-order valence-corrected chi connectivity index (χ1v) is 9.46. The molecule has 1 heterocycles. The van der Waals surface area contributed by atoms with Crippen molar-refractivity contribution in [3.05, 3.63) is 35.4 Å². The second-order valence-corrected chi connectivity index (χ2v) is 8.11. The second kappa shape index (κ2) is 8.03. The van der Waals surface area contributed by atoms with Gasteiger partial charge in [0, 0.05) is 18.2 Å². The summed E-state index contributed by atoms with van der Waals surface area (Å²) in [6.45, 7) is 11.1. The molecule has 1 saturated heterocycles. The zero-order valence-corrected chi connectivity index (χ0v) is 16.3. The van der Waals surface area contributed by atoms with Gasteiger partial charge in [-0.05, 0) is 55.7 Å². The van der Waals surface area contributed by atoms with Crippen LogP contribution < -0.4 is 5.32 Å². The Labute approximate surface area is 152 Å². The third kappa shape index (κ3) is 4.83. The van der Waals surface area contributed by atoms with Crippen LogP contribution in [-0.4, -0.2) is 35.3 Å². The van der Waals surface area contributed by atoms with Crippen molar-refractivity contribution in [2.24, 2.45) is 0 Å². The summed E-state index contributed by atoms with van der Waals surface area (Å²) in [5.74, 6) is -0.155. The number of amides is 2. The highest BCUT2D eigenvalue weighted by atomic mass is 16.2. The van der Waals surface area contributed by atoms with Crippen LogP contribution in [-0.2, 0) is 10.2 Å². The van der Waals surface area contributed by atoms with Crippen LogP contribution in [0.4, 0.5) is 0 Å². The van der Waals surface area contributed by atoms with E-state index in [1.165, 1.54) is 12.0 Å². The number of carbonyl (C=O) groups excluding carboxylic acids is 2. The minimum absolute atomic E-state index is 0.0335. The van der Waals surface area contributed by atoms with E-state index in [0.717, 1.165) is 25.8 Å². The van der Waals surface area contributed by atoms with Gasteiger partial charge in [0.2, 0.25) is 5.91 Å². The number of nitrogens with one attached hydrogen (secondary N) is 1. The first-order valence-electron chi connectivity index (χ1n) is 9.46. The number of carbonyl (C=O) groups is 2.